The van der Waals surface area contributed by atoms with E-state index in [1.165, 1.54) is 0 Å². The number of hydrogen-bond acceptors (Lipinski definition) is 4. The fraction of sp³-hybridized carbons (Fsp3) is 0.611. The standard InChI is InChI=1S/C18H29N3O2S.HI/c1-3-24-18(9-12-22-13-10-18)15-21-17(19-2)20-11-14-23-16-7-5-4-6-8-16;/h4-8H,3,9-15H2,1-2H3,(H2,19,20,21);1H. The molecule has 142 valence electrons. The zero-order valence-electron chi connectivity index (χ0n) is 15.1. The summed E-state index contributed by atoms with van der Waals surface area (Å²) in [5.74, 6) is 2.84. The van der Waals surface area contributed by atoms with Crippen LogP contribution in [0.3, 0.4) is 0 Å². The number of ether oxygens (including phenoxy) is 2. The lowest BCUT2D eigenvalue weighted by Crippen LogP contribution is -2.48. The molecule has 5 nitrogen and oxygen atoms in total. The number of nitrogens with zero attached hydrogens (tertiary/aromatic N) is 1. The third-order valence-corrected chi connectivity index (χ3v) is 5.52. The molecule has 1 aliphatic heterocycles. The van der Waals surface area contributed by atoms with Crippen molar-refractivity contribution in [3.8, 4) is 5.75 Å². The van der Waals surface area contributed by atoms with Gasteiger partial charge in [0.05, 0.1) is 6.54 Å². The topological polar surface area (TPSA) is 54.9 Å². The van der Waals surface area contributed by atoms with Crippen LogP contribution in [0.2, 0.25) is 0 Å². The van der Waals surface area contributed by atoms with E-state index in [0.29, 0.717) is 13.2 Å². The number of thioether (sulfide) groups is 1. The molecule has 0 aliphatic carbocycles. The molecule has 0 unspecified atom stereocenters. The first kappa shape index (κ1) is 22.4. The molecule has 0 spiro atoms. The molecule has 2 N–H and O–H groups in total. The molecule has 1 heterocycles. The molecular weight excluding hydrogens is 449 g/mol. The van der Waals surface area contributed by atoms with Crippen molar-refractivity contribution >= 4 is 41.7 Å². The van der Waals surface area contributed by atoms with Gasteiger partial charge in [0.1, 0.15) is 12.4 Å². The quantitative estimate of drug-likeness (QED) is 0.260. The van der Waals surface area contributed by atoms with Crippen LogP contribution in [-0.2, 0) is 4.74 Å². The second kappa shape index (κ2) is 12.6. The van der Waals surface area contributed by atoms with Crippen LogP contribution in [0.25, 0.3) is 0 Å². The minimum absolute atomic E-state index is 0. The maximum Gasteiger partial charge on any atom is 0.191 e. The number of halogens is 1. The van der Waals surface area contributed by atoms with Gasteiger partial charge in [-0.25, -0.2) is 0 Å². The Bertz CT molecular complexity index is 491. The van der Waals surface area contributed by atoms with Gasteiger partial charge in [0, 0.05) is 31.6 Å². The molecule has 2 rings (SSSR count). The maximum absolute atomic E-state index is 5.69. The van der Waals surface area contributed by atoms with Crippen LogP contribution in [0, 0.1) is 0 Å². The van der Waals surface area contributed by atoms with Gasteiger partial charge in [-0.1, -0.05) is 25.1 Å². The highest BCUT2D eigenvalue weighted by molar-refractivity contribution is 14.0. The van der Waals surface area contributed by atoms with Crippen molar-refractivity contribution in [3.63, 3.8) is 0 Å². The molecule has 1 aromatic rings. The van der Waals surface area contributed by atoms with Gasteiger partial charge in [0.2, 0.25) is 0 Å². The third kappa shape index (κ3) is 8.04. The van der Waals surface area contributed by atoms with E-state index in [4.69, 9.17) is 9.47 Å². The number of hydrogen-bond donors (Lipinski definition) is 2. The SMILES string of the molecule is CCSC1(CNC(=NC)NCCOc2ccccc2)CCOCC1.I. The molecule has 0 atom stereocenters. The average Bonchev–Trinajstić information content (AvgIpc) is 2.63. The monoisotopic (exact) mass is 479 g/mol. The molecule has 0 saturated carbocycles. The molecule has 1 aliphatic rings. The van der Waals surface area contributed by atoms with Crippen molar-refractivity contribution in [3.05, 3.63) is 30.3 Å². The van der Waals surface area contributed by atoms with Gasteiger partial charge < -0.3 is 20.1 Å². The molecule has 0 amide bonds. The predicted molar refractivity (Wildman–Crippen MR) is 118 cm³/mol. The minimum Gasteiger partial charge on any atom is -0.492 e. The van der Waals surface area contributed by atoms with Gasteiger partial charge in [-0.3, -0.25) is 4.99 Å². The Balaban J connectivity index is 0.00000312. The van der Waals surface area contributed by atoms with Crippen molar-refractivity contribution in [2.75, 3.05) is 45.7 Å². The highest BCUT2D eigenvalue weighted by Gasteiger charge is 2.32. The first-order chi connectivity index (χ1) is 11.8. The number of aliphatic imine (C=N–C) groups is 1. The Hall–Kier alpha value is -0.670. The third-order valence-electron chi connectivity index (χ3n) is 4.06. The van der Waals surface area contributed by atoms with Gasteiger partial charge in [-0.2, -0.15) is 11.8 Å². The van der Waals surface area contributed by atoms with Crippen molar-refractivity contribution in [2.45, 2.75) is 24.5 Å². The lowest BCUT2D eigenvalue weighted by molar-refractivity contribution is 0.0782. The highest BCUT2D eigenvalue weighted by Crippen LogP contribution is 2.34. The summed E-state index contributed by atoms with van der Waals surface area (Å²) in [5.41, 5.74) is 0. The molecule has 0 aromatic heterocycles. The fourth-order valence-electron chi connectivity index (χ4n) is 2.74. The predicted octanol–water partition coefficient (Wildman–Crippen LogP) is 3.15. The van der Waals surface area contributed by atoms with Crippen LogP contribution in [0.4, 0.5) is 0 Å². The molecule has 0 radical (unpaired) electrons. The van der Waals surface area contributed by atoms with E-state index >= 15 is 0 Å². The summed E-state index contributed by atoms with van der Waals surface area (Å²) in [6, 6.07) is 9.86. The molecule has 1 fully saturated rings. The van der Waals surface area contributed by atoms with E-state index in [9.17, 15) is 0 Å². The number of benzene rings is 1. The van der Waals surface area contributed by atoms with Crippen molar-refractivity contribution < 1.29 is 9.47 Å². The van der Waals surface area contributed by atoms with E-state index in [2.05, 4.69) is 22.5 Å². The largest absolute Gasteiger partial charge is 0.492 e. The molecular formula is C18H30IN3O2S. The van der Waals surface area contributed by atoms with E-state index < -0.39 is 0 Å². The molecule has 7 heteroatoms. The summed E-state index contributed by atoms with van der Waals surface area (Å²) in [5, 5.41) is 6.78. The molecule has 1 aromatic carbocycles. The van der Waals surface area contributed by atoms with Crippen molar-refractivity contribution in [1.82, 2.24) is 10.6 Å². The second-order valence-corrected chi connectivity index (χ2v) is 7.47. The van der Waals surface area contributed by atoms with Gasteiger partial charge in [0.25, 0.3) is 0 Å². The summed E-state index contributed by atoms with van der Waals surface area (Å²) >= 11 is 2.03. The molecule has 1 saturated heterocycles. The summed E-state index contributed by atoms with van der Waals surface area (Å²) in [6.07, 6.45) is 2.18. The summed E-state index contributed by atoms with van der Waals surface area (Å²) in [6.45, 7) is 6.15. The fourth-order valence-corrected chi connectivity index (χ4v) is 3.98. The Kier molecular flexibility index (Phi) is 11.3. The zero-order valence-corrected chi connectivity index (χ0v) is 18.3. The Labute approximate surface area is 172 Å². The van der Waals surface area contributed by atoms with Crippen LogP contribution in [0.15, 0.2) is 35.3 Å². The number of para-hydroxylation sites is 1. The van der Waals surface area contributed by atoms with E-state index in [-0.39, 0.29) is 28.7 Å². The van der Waals surface area contributed by atoms with Crippen LogP contribution >= 0.6 is 35.7 Å². The van der Waals surface area contributed by atoms with Crippen LogP contribution in [0.1, 0.15) is 19.8 Å². The van der Waals surface area contributed by atoms with Gasteiger partial charge in [-0.15, -0.1) is 24.0 Å². The van der Waals surface area contributed by atoms with Gasteiger partial charge >= 0.3 is 0 Å². The van der Waals surface area contributed by atoms with Crippen molar-refractivity contribution in [1.29, 1.82) is 0 Å². The smallest absolute Gasteiger partial charge is 0.191 e. The first-order valence-electron chi connectivity index (χ1n) is 8.62. The summed E-state index contributed by atoms with van der Waals surface area (Å²) in [7, 11) is 1.80. The molecule has 0 bridgehead atoms. The Morgan fingerprint density at radius 2 is 1.96 bits per heavy atom. The number of guanidine groups is 1. The minimum atomic E-state index is 0. The number of rotatable bonds is 8. The second-order valence-electron chi connectivity index (χ2n) is 5.74. The lowest BCUT2D eigenvalue weighted by atomic mass is 9.99. The zero-order chi connectivity index (χ0) is 17.1. The van der Waals surface area contributed by atoms with Crippen molar-refractivity contribution in [2.24, 2.45) is 4.99 Å². The average molecular weight is 479 g/mol. The highest BCUT2D eigenvalue weighted by atomic mass is 127. The maximum atomic E-state index is 5.69. The van der Waals surface area contributed by atoms with Crippen LogP contribution in [-0.4, -0.2) is 56.4 Å². The van der Waals surface area contributed by atoms with Gasteiger partial charge in [0.15, 0.2) is 5.96 Å². The van der Waals surface area contributed by atoms with E-state index in [1.54, 1.807) is 7.05 Å². The Morgan fingerprint density at radius 1 is 1.24 bits per heavy atom. The summed E-state index contributed by atoms with van der Waals surface area (Å²) in [4.78, 5) is 4.31. The van der Waals surface area contributed by atoms with E-state index in [0.717, 1.165) is 50.1 Å². The van der Waals surface area contributed by atoms with Crippen LogP contribution in [0.5, 0.6) is 5.75 Å². The Morgan fingerprint density at radius 3 is 2.60 bits per heavy atom. The van der Waals surface area contributed by atoms with Crippen LogP contribution < -0.4 is 15.4 Å². The molecule has 25 heavy (non-hydrogen) atoms. The first-order valence-corrected chi connectivity index (χ1v) is 9.60. The normalized spacial score (nSPS) is 16.6. The van der Waals surface area contributed by atoms with Gasteiger partial charge in [-0.05, 0) is 30.7 Å². The lowest BCUT2D eigenvalue weighted by Gasteiger charge is -2.37. The number of nitrogens with one attached hydrogen (secondary N) is 2. The van der Waals surface area contributed by atoms with E-state index in [1.807, 2.05) is 42.1 Å². The summed E-state index contributed by atoms with van der Waals surface area (Å²) < 4.78 is 11.5.